The minimum atomic E-state index is -0.0372. The van der Waals surface area contributed by atoms with Gasteiger partial charge in [0.2, 0.25) is 5.91 Å². The first-order chi connectivity index (χ1) is 8.72. The van der Waals surface area contributed by atoms with Crippen LogP contribution >= 0.6 is 11.6 Å². The van der Waals surface area contributed by atoms with Crippen LogP contribution < -0.4 is 4.74 Å². The molecular weight excluding hydrogens is 250 g/mol. The number of rotatable bonds is 7. The van der Waals surface area contributed by atoms with Crippen molar-refractivity contribution in [1.29, 1.82) is 0 Å². The van der Waals surface area contributed by atoms with Gasteiger partial charge in [-0.05, 0) is 19.4 Å². The largest absolute Gasteiger partial charge is 0.494 e. The van der Waals surface area contributed by atoms with Crippen LogP contribution in [-0.2, 0) is 11.3 Å². The molecule has 0 aromatic heterocycles. The Kier molecular flexibility index (Phi) is 6.58. The van der Waals surface area contributed by atoms with Crippen LogP contribution in [-0.4, -0.2) is 29.8 Å². The minimum absolute atomic E-state index is 0.0246. The average molecular weight is 270 g/mol. The summed E-state index contributed by atoms with van der Waals surface area (Å²) in [6.07, 6.45) is 0.916. The molecule has 0 aliphatic heterocycles. The number of nitrogens with zero attached hydrogens (tertiary/aromatic N) is 1. The summed E-state index contributed by atoms with van der Waals surface area (Å²) in [6, 6.07) is 7.79. The van der Waals surface area contributed by atoms with Gasteiger partial charge in [0.25, 0.3) is 0 Å². The van der Waals surface area contributed by atoms with Crippen LogP contribution in [0, 0.1) is 0 Å². The molecule has 0 atom stereocenters. The first-order valence-electron chi connectivity index (χ1n) is 6.27. The molecule has 0 saturated heterocycles. The van der Waals surface area contributed by atoms with Crippen molar-refractivity contribution in [2.45, 2.75) is 26.8 Å². The molecule has 0 heterocycles. The topological polar surface area (TPSA) is 29.5 Å². The smallest absolute Gasteiger partial charge is 0.237 e. The van der Waals surface area contributed by atoms with Gasteiger partial charge >= 0.3 is 0 Å². The van der Waals surface area contributed by atoms with Gasteiger partial charge in [-0.2, -0.15) is 0 Å². The molecule has 0 N–H and O–H groups in total. The van der Waals surface area contributed by atoms with Crippen molar-refractivity contribution in [2.75, 3.05) is 19.0 Å². The van der Waals surface area contributed by atoms with Crippen molar-refractivity contribution in [3.8, 4) is 5.75 Å². The number of benzene rings is 1. The molecule has 0 radical (unpaired) electrons. The number of carbonyl (C=O) groups is 1. The second kappa shape index (κ2) is 7.98. The van der Waals surface area contributed by atoms with Crippen molar-refractivity contribution in [3.05, 3.63) is 29.8 Å². The molecule has 100 valence electrons. The summed E-state index contributed by atoms with van der Waals surface area (Å²) in [5.41, 5.74) is 1.02. The SMILES string of the molecule is CCCN(Cc1ccccc1OCC)C(=O)CCl. The zero-order valence-corrected chi connectivity index (χ0v) is 11.7. The second-order valence-corrected chi connectivity index (χ2v) is 4.26. The monoisotopic (exact) mass is 269 g/mol. The van der Waals surface area contributed by atoms with E-state index in [0.29, 0.717) is 19.7 Å². The maximum Gasteiger partial charge on any atom is 0.237 e. The average Bonchev–Trinajstić information content (AvgIpc) is 2.39. The van der Waals surface area contributed by atoms with E-state index < -0.39 is 0 Å². The van der Waals surface area contributed by atoms with Gasteiger partial charge in [-0.1, -0.05) is 25.1 Å². The fourth-order valence-electron chi connectivity index (χ4n) is 1.78. The number of alkyl halides is 1. The lowest BCUT2D eigenvalue weighted by atomic mass is 10.2. The number of halogens is 1. The van der Waals surface area contributed by atoms with Crippen molar-refractivity contribution in [1.82, 2.24) is 4.90 Å². The van der Waals surface area contributed by atoms with Gasteiger partial charge in [-0.3, -0.25) is 4.79 Å². The summed E-state index contributed by atoms with van der Waals surface area (Å²) in [7, 11) is 0. The zero-order chi connectivity index (χ0) is 13.4. The molecule has 3 nitrogen and oxygen atoms in total. The Hall–Kier alpha value is -1.22. The first kappa shape index (κ1) is 14.8. The molecule has 0 spiro atoms. The van der Waals surface area contributed by atoms with Crippen molar-refractivity contribution in [3.63, 3.8) is 0 Å². The normalized spacial score (nSPS) is 10.2. The Morgan fingerprint density at radius 3 is 2.67 bits per heavy atom. The van der Waals surface area contributed by atoms with Crippen LogP contribution in [0.25, 0.3) is 0 Å². The van der Waals surface area contributed by atoms with Gasteiger partial charge in [0, 0.05) is 18.7 Å². The molecule has 0 bridgehead atoms. The molecule has 0 fully saturated rings. The van der Waals surface area contributed by atoms with Crippen LogP contribution in [0.4, 0.5) is 0 Å². The lowest BCUT2D eigenvalue weighted by Gasteiger charge is -2.22. The summed E-state index contributed by atoms with van der Waals surface area (Å²) in [5, 5.41) is 0. The lowest BCUT2D eigenvalue weighted by Crippen LogP contribution is -2.32. The van der Waals surface area contributed by atoms with Crippen LogP contribution in [0.3, 0.4) is 0 Å². The Balaban J connectivity index is 2.82. The quantitative estimate of drug-likeness (QED) is 0.712. The Morgan fingerprint density at radius 2 is 2.06 bits per heavy atom. The predicted octanol–water partition coefficient (Wildman–Crippen LogP) is 3.06. The third-order valence-electron chi connectivity index (χ3n) is 2.59. The third kappa shape index (κ3) is 4.22. The number of para-hydroxylation sites is 1. The Morgan fingerprint density at radius 1 is 1.33 bits per heavy atom. The van der Waals surface area contributed by atoms with Gasteiger partial charge in [0.05, 0.1) is 6.61 Å². The van der Waals surface area contributed by atoms with E-state index in [4.69, 9.17) is 16.3 Å². The maximum atomic E-state index is 11.7. The molecule has 0 aliphatic rings. The van der Waals surface area contributed by atoms with Crippen LogP contribution in [0.2, 0.25) is 0 Å². The van der Waals surface area contributed by atoms with E-state index in [1.165, 1.54) is 0 Å². The standard InChI is InChI=1S/C14H20ClNO2/c1-3-9-16(14(17)10-15)11-12-7-5-6-8-13(12)18-4-2/h5-8H,3-4,9-11H2,1-2H3. The van der Waals surface area contributed by atoms with E-state index in [2.05, 4.69) is 0 Å². The van der Waals surface area contributed by atoms with Crippen LogP contribution in [0.1, 0.15) is 25.8 Å². The summed E-state index contributed by atoms with van der Waals surface area (Å²) >= 11 is 5.63. The fourth-order valence-corrected chi connectivity index (χ4v) is 1.95. The van der Waals surface area contributed by atoms with Gasteiger partial charge < -0.3 is 9.64 Å². The Labute approximate surface area is 114 Å². The summed E-state index contributed by atoms with van der Waals surface area (Å²) in [4.78, 5) is 13.5. The minimum Gasteiger partial charge on any atom is -0.494 e. The van der Waals surface area contributed by atoms with E-state index in [1.807, 2.05) is 38.1 Å². The molecule has 1 aromatic rings. The lowest BCUT2D eigenvalue weighted by molar-refractivity contribution is -0.129. The van der Waals surface area contributed by atoms with Crippen molar-refractivity contribution in [2.24, 2.45) is 0 Å². The zero-order valence-electron chi connectivity index (χ0n) is 11.0. The molecule has 18 heavy (non-hydrogen) atoms. The molecule has 1 aromatic carbocycles. The highest BCUT2D eigenvalue weighted by Gasteiger charge is 2.14. The highest BCUT2D eigenvalue weighted by molar-refractivity contribution is 6.27. The maximum absolute atomic E-state index is 11.7. The van der Waals surface area contributed by atoms with Gasteiger partial charge in [0.15, 0.2) is 0 Å². The number of hydrogen-bond donors (Lipinski definition) is 0. The van der Waals surface area contributed by atoms with Gasteiger partial charge in [0.1, 0.15) is 11.6 Å². The number of hydrogen-bond acceptors (Lipinski definition) is 2. The van der Waals surface area contributed by atoms with E-state index in [9.17, 15) is 4.79 Å². The molecule has 1 rings (SSSR count). The molecule has 0 unspecified atom stereocenters. The van der Waals surface area contributed by atoms with E-state index in [1.54, 1.807) is 4.90 Å². The Bertz CT molecular complexity index is 382. The first-order valence-corrected chi connectivity index (χ1v) is 6.80. The van der Waals surface area contributed by atoms with E-state index >= 15 is 0 Å². The van der Waals surface area contributed by atoms with E-state index in [0.717, 1.165) is 17.7 Å². The molecule has 0 aliphatic carbocycles. The number of ether oxygens (including phenoxy) is 1. The fraction of sp³-hybridized carbons (Fsp3) is 0.500. The van der Waals surface area contributed by atoms with Gasteiger partial charge in [-0.25, -0.2) is 0 Å². The predicted molar refractivity (Wildman–Crippen MR) is 74.0 cm³/mol. The highest BCUT2D eigenvalue weighted by Crippen LogP contribution is 2.20. The number of amides is 1. The third-order valence-corrected chi connectivity index (χ3v) is 2.82. The second-order valence-electron chi connectivity index (χ2n) is 3.99. The molecule has 4 heteroatoms. The summed E-state index contributed by atoms with van der Waals surface area (Å²) < 4.78 is 5.56. The number of carbonyl (C=O) groups excluding carboxylic acids is 1. The molecule has 1 amide bonds. The van der Waals surface area contributed by atoms with E-state index in [-0.39, 0.29) is 11.8 Å². The molecule has 0 saturated carbocycles. The van der Waals surface area contributed by atoms with Crippen LogP contribution in [0.15, 0.2) is 24.3 Å². The van der Waals surface area contributed by atoms with Crippen molar-refractivity contribution >= 4 is 17.5 Å². The summed E-state index contributed by atoms with van der Waals surface area (Å²) in [6.45, 7) is 5.88. The van der Waals surface area contributed by atoms with Gasteiger partial charge in [-0.15, -0.1) is 11.6 Å². The van der Waals surface area contributed by atoms with Crippen LogP contribution in [0.5, 0.6) is 5.75 Å². The van der Waals surface area contributed by atoms with Crippen molar-refractivity contribution < 1.29 is 9.53 Å². The summed E-state index contributed by atoms with van der Waals surface area (Å²) in [5.74, 6) is 0.824. The highest BCUT2D eigenvalue weighted by atomic mass is 35.5. The molecular formula is C14H20ClNO2.